The van der Waals surface area contributed by atoms with Crippen LogP contribution < -0.4 is 9.80 Å². The number of ether oxygens (including phenoxy) is 1. The lowest BCUT2D eigenvalue weighted by Gasteiger charge is -2.28. The van der Waals surface area contributed by atoms with Crippen LogP contribution in [0.1, 0.15) is 50.4 Å². The van der Waals surface area contributed by atoms with Gasteiger partial charge in [0.2, 0.25) is 0 Å². The topological polar surface area (TPSA) is 83.1 Å². The first-order valence-electron chi connectivity index (χ1n) is 12.4. The van der Waals surface area contributed by atoms with E-state index in [9.17, 15) is 36.3 Å². The Labute approximate surface area is 231 Å². The van der Waals surface area contributed by atoms with Gasteiger partial charge in [0, 0.05) is 12.7 Å². The molecule has 1 aliphatic carbocycles. The number of pyridine rings is 1. The normalized spacial score (nSPS) is 17.6. The molecule has 2 aromatic rings. The number of urea groups is 1. The van der Waals surface area contributed by atoms with Gasteiger partial charge in [-0.25, -0.2) is 28.3 Å². The summed E-state index contributed by atoms with van der Waals surface area (Å²) in [5.41, 5.74) is -2.33. The molecule has 4 rings (SSSR count). The fourth-order valence-electron chi connectivity index (χ4n) is 4.69. The van der Waals surface area contributed by atoms with Crippen LogP contribution in [0.25, 0.3) is 0 Å². The Morgan fingerprint density at radius 1 is 1.12 bits per heavy atom. The summed E-state index contributed by atoms with van der Waals surface area (Å²) in [6.07, 6.45) is -4.44. The van der Waals surface area contributed by atoms with Gasteiger partial charge in [0.15, 0.2) is 5.82 Å². The molecule has 1 unspecified atom stereocenters. The van der Waals surface area contributed by atoms with Crippen molar-refractivity contribution < 1.29 is 41.1 Å². The number of hydrogen-bond donors (Lipinski definition) is 0. The van der Waals surface area contributed by atoms with Gasteiger partial charge in [0.25, 0.3) is 5.91 Å². The number of benzene rings is 1. The third-order valence-electron chi connectivity index (χ3n) is 6.55. The smallest absolute Gasteiger partial charge is 0.418 e. The lowest BCUT2D eigenvalue weighted by atomic mass is 9.91. The van der Waals surface area contributed by atoms with Crippen LogP contribution in [0.2, 0.25) is 5.02 Å². The first kappa shape index (κ1) is 29.5. The molecule has 1 fully saturated rings. The number of hydrogen-bond acceptors (Lipinski definition) is 5. The van der Waals surface area contributed by atoms with Crippen molar-refractivity contribution in [2.75, 3.05) is 23.4 Å². The van der Waals surface area contributed by atoms with Gasteiger partial charge in [0.05, 0.1) is 17.8 Å². The highest BCUT2D eigenvalue weighted by Crippen LogP contribution is 2.39. The Kier molecular flexibility index (Phi) is 7.74. The summed E-state index contributed by atoms with van der Waals surface area (Å²) >= 11 is 5.65. The SMILES string of the molecule is CN(C(=O)C1CN(C(=O)OC(C)(C)C)C(=O)N1c1cc(C(F)(F)F)c2c(n1)CCCC2)c1ccc(F)c(Cl)c1F. The number of imide groups is 1. The van der Waals surface area contributed by atoms with Gasteiger partial charge < -0.3 is 9.64 Å². The van der Waals surface area contributed by atoms with E-state index in [-0.39, 0.29) is 24.1 Å². The molecule has 1 saturated heterocycles. The number of amides is 4. The standard InChI is InChI=1S/C26H26ClF5N4O4/c1-25(2,3)40-24(39)35-12-18(22(37)34(4)17-10-9-15(28)20(27)21(17)29)36(23(35)38)19-11-14(26(30,31)32)13-7-5-6-8-16(13)33-19/h9-11,18H,5-8,12H2,1-4H3. The minimum absolute atomic E-state index is 0.0150. The van der Waals surface area contributed by atoms with E-state index in [1.807, 2.05) is 0 Å². The van der Waals surface area contributed by atoms with E-state index in [0.29, 0.717) is 28.7 Å². The first-order valence-corrected chi connectivity index (χ1v) is 12.7. The summed E-state index contributed by atoms with van der Waals surface area (Å²) in [6.45, 7) is 4.00. The zero-order chi connectivity index (χ0) is 29.7. The first-order chi connectivity index (χ1) is 18.5. The van der Waals surface area contributed by atoms with Gasteiger partial charge in [-0.15, -0.1) is 0 Å². The van der Waals surface area contributed by atoms with E-state index in [0.717, 1.165) is 24.1 Å². The van der Waals surface area contributed by atoms with E-state index in [2.05, 4.69) is 4.98 Å². The summed E-state index contributed by atoms with van der Waals surface area (Å²) in [4.78, 5) is 46.3. The number of halogens is 6. The molecule has 1 aromatic heterocycles. The van der Waals surface area contributed by atoms with Crippen molar-refractivity contribution in [3.8, 4) is 0 Å². The maximum atomic E-state index is 14.8. The molecule has 0 spiro atoms. The highest BCUT2D eigenvalue weighted by atomic mass is 35.5. The fraction of sp³-hybridized carbons (Fsp3) is 0.462. The van der Waals surface area contributed by atoms with E-state index in [1.165, 1.54) is 0 Å². The van der Waals surface area contributed by atoms with Crippen molar-refractivity contribution in [1.29, 1.82) is 0 Å². The maximum absolute atomic E-state index is 14.8. The summed E-state index contributed by atoms with van der Waals surface area (Å²) in [5.74, 6) is -3.82. The Morgan fingerprint density at radius 3 is 2.40 bits per heavy atom. The third-order valence-corrected chi connectivity index (χ3v) is 6.90. The summed E-state index contributed by atoms with van der Waals surface area (Å²) in [7, 11) is 1.12. The molecule has 0 N–H and O–H groups in total. The van der Waals surface area contributed by atoms with Crippen LogP contribution in [0.3, 0.4) is 0 Å². The summed E-state index contributed by atoms with van der Waals surface area (Å²) in [6, 6.07) is -0.315. The molecule has 0 bridgehead atoms. The van der Waals surface area contributed by atoms with Crippen LogP contribution in [0.5, 0.6) is 0 Å². The maximum Gasteiger partial charge on any atom is 0.418 e. The molecule has 0 radical (unpaired) electrons. The van der Waals surface area contributed by atoms with Gasteiger partial charge in [0.1, 0.15) is 28.3 Å². The molecule has 2 heterocycles. The van der Waals surface area contributed by atoms with E-state index >= 15 is 0 Å². The number of aryl methyl sites for hydroxylation is 1. The monoisotopic (exact) mass is 588 g/mol. The molecule has 2 aliphatic rings. The van der Waals surface area contributed by atoms with Crippen LogP contribution in [0.4, 0.5) is 43.0 Å². The second kappa shape index (κ2) is 10.5. The molecule has 40 heavy (non-hydrogen) atoms. The number of anilines is 2. The predicted molar refractivity (Wildman–Crippen MR) is 135 cm³/mol. The number of fused-ring (bicyclic) bond motifs is 1. The average molecular weight is 589 g/mol. The zero-order valence-corrected chi connectivity index (χ0v) is 22.8. The van der Waals surface area contributed by atoms with Crippen molar-refractivity contribution in [2.45, 2.75) is 64.3 Å². The van der Waals surface area contributed by atoms with E-state index < -0.39 is 76.1 Å². The van der Waals surface area contributed by atoms with Crippen molar-refractivity contribution in [3.63, 3.8) is 0 Å². The Balaban J connectivity index is 1.82. The van der Waals surface area contributed by atoms with Gasteiger partial charge >= 0.3 is 18.3 Å². The number of likely N-dealkylation sites (N-methyl/N-ethyl adjacent to an activating group) is 1. The van der Waals surface area contributed by atoms with Crippen LogP contribution in [-0.4, -0.2) is 53.2 Å². The van der Waals surface area contributed by atoms with Crippen LogP contribution in [0.15, 0.2) is 18.2 Å². The number of alkyl halides is 3. The van der Waals surface area contributed by atoms with Crippen molar-refractivity contribution >= 4 is 41.1 Å². The molecule has 14 heteroatoms. The Bertz CT molecular complexity index is 1380. The molecule has 0 saturated carbocycles. The second-order valence-corrected chi connectivity index (χ2v) is 10.9. The zero-order valence-electron chi connectivity index (χ0n) is 22.0. The number of rotatable bonds is 3. The predicted octanol–water partition coefficient (Wildman–Crippen LogP) is 6.12. The largest absolute Gasteiger partial charge is 0.443 e. The van der Waals surface area contributed by atoms with Crippen molar-refractivity contribution in [1.82, 2.24) is 9.88 Å². The molecule has 1 aromatic carbocycles. The lowest BCUT2D eigenvalue weighted by Crippen LogP contribution is -2.47. The Hall–Kier alpha value is -3.48. The molecular weight excluding hydrogens is 563 g/mol. The van der Waals surface area contributed by atoms with Gasteiger partial charge in [-0.1, -0.05) is 11.6 Å². The number of aromatic nitrogens is 1. The highest BCUT2D eigenvalue weighted by Gasteiger charge is 2.49. The highest BCUT2D eigenvalue weighted by molar-refractivity contribution is 6.31. The Morgan fingerprint density at radius 2 is 1.77 bits per heavy atom. The van der Waals surface area contributed by atoms with Crippen molar-refractivity contribution in [3.05, 3.63) is 51.7 Å². The summed E-state index contributed by atoms with van der Waals surface area (Å²) < 4.78 is 76.0. The van der Waals surface area contributed by atoms with Gasteiger partial charge in [-0.2, -0.15) is 13.2 Å². The van der Waals surface area contributed by atoms with Gasteiger partial charge in [-0.3, -0.25) is 9.69 Å². The molecule has 1 aliphatic heterocycles. The fourth-order valence-corrected chi connectivity index (χ4v) is 4.85. The lowest BCUT2D eigenvalue weighted by molar-refractivity contribution is -0.138. The van der Waals surface area contributed by atoms with Crippen LogP contribution >= 0.6 is 11.6 Å². The van der Waals surface area contributed by atoms with Gasteiger partial charge in [-0.05, 0) is 70.2 Å². The van der Waals surface area contributed by atoms with E-state index in [1.54, 1.807) is 20.8 Å². The minimum atomic E-state index is -4.78. The van der Waals surface area contributed by atoms with Crippen LogP contribution in [-0.2, 0) is 28.5 Å². The number of carbonyl (C=O) groups excluding carboxylic acids is 3. The van der Waals surface area contributed by atoms with Crippen molar-refractivity contribution in [2.24, 2.45) is 0 Å². The second-order valence-electron chi connectivity index (χ2n) is 10.5. The quantitative estimate of drug-likeness (QED) is 0.319. The molecule has 4 amide bonds. The minimum Gasteiger partial charge on any atom is -0.443 e. The molecular formula is C26H26ClF5N4O4. The molecule has 1 atom stereocenters. The molecule has 216 valence electrons. The van der Waals surface area contributed by atoms with E-state index in [4.69, 9.17) is 16.3 Å². The third kappa shape index (κ3) is 5.56. The summed E-state index contributed by atoms with van der Waals surface area (Å²) in [5, 5.41) is -0.877. The molecule has 8 nitrogen and oxygen atoms in total. The number of nitrogens with zero attached hydrogens (tertiary/aromatic N) is 4. The average Bonchev–Trinajstić information content (AvgIpc) is 3.21. The number of carbonyl (C=O) groups is 3. The van der Waals surface area contributed by atoms with Crippen LogP contribution in [0, 0.1) is 11.6 Å².